The van der Waals surface area contributed by atoms with E-state index in [1.165, 1.54) is 0 Å². The van der Waals surface area contributed by atoms with Crippen LogP contribution in [0, 0.1) is 13.8 Å². The van der Waals surface area contributed by atoms with Gasteiger partial charge >= 0.3 is 5.97 Å². The van der Waals surface area contributed by atoms with Crippen molar-refractivity contribution in [2.75, 3.05) is 6.54 Å². The number of aliphatic carboxylic acids is 1. The smallest absolute Gasteiger partial charge is 0.318 e. The van der Waals surface area contributed by atoms with Gasteiger partial charge < -0.3 is 5.11 Å². The Bertz CT molecular complexity index is 564. The summed E-state index contributed by atoms with van der Waals surface area (Å²) in [5.74, 6) is -1.20. The first kappa shape index (κ1) is 15.6. The van der Waals surface area contributed by atoms with Gasteiger partial charge in [-0.1, -0.05) is 0 Å². The number of carbonyl (C=O) groups is 1. The summed E-state index contributed by atoms with van der Waals surface area (Å²) in [5, 5.41) is 15.4. The number of hydrogen-bond acceptors (Lipinski definition) is 4. The fraction of sp³-hybridized carbons (Fsp3) is 0.636. The van der Waals surface area contributed by atoms with Crippen LogP contribution >= 0.6 is 0 Å². The Balaban J connectivity index is 3.41. The highest BCUT2D eigenvalue weighted by Crippen LogP contribution is 2.27. The molecule has 0 spiro atoms. The van der Waals surface area contributed by atoms with Gasteiger partial charge in [-0.15, -0.1) is 0 Å². The average Bonchev–Trinajstić information content (AvgIpc) is 2.53. The number of H-pyrrole nitrogens is 1. The number of carboxylic acids is 1. The molecular weight excluding hydrogens is 270 g/mol. The lowest BCUT2D eigenvalue weighted by Gasteiger charge is -2.33. The van der Waals surface area contributed by atoms with Crippen LogP contribution in [0.4, 0.5) is 0 Å². The molecule has 19 heavy (non-hydrogen) atoms. The number of aromatic nitrogens is 2. The van der Waals surface area contributed by atoms with Crippen LogP contribution < -0.4 is 0 Å². The molecule has 0 saturated carbocycles. The van der Waals surface area contributed by atoms with E-state index in [9.17, 15) is 13.2 Å². The van der Waals surface area contributed by atoms with Crippen molar-refractivity contribution >= 4 is 16.0 Å². The third kappa shape index (κ3) is 3.13. The van der Waals surface area contributed by atoms with Gasteiger partial charge in [0.25, 0.3) is 0 Å². The van der Waals surface area contributed by atoms with E-state index in [1.54, 1.807) is 34.6 Å². The molecule has 108 valence electrons. The molecule has 0 bridgehead atoms. The van der Waals surface area contributed by atoms with Gasteiger partial charge in [-0.05, 0) is 34.6 Å². The standard InChI is InChI=1S/C11H19N3O4S/c1-7-10(8(2)13-12-7)19(17,18)14(6-9(15)16)11(3,4)5/h6H2,1-5H3,(H,12,13)(H,15,16). The number of sulfonamides is 1. The van der Waals surface area contributed by atoms with Crippen LogP contribution in [0.2, 0.25) is 0 Å². The quantitative estimate of drug-likeness (QED) is 0.857. The molecule has 1 heterocycles. The van der Waals surface area contributed by atoms with E-state index in [-0.39, 0.29) is 4.90 Å². The number of carboxylic acid groups (broad SMARTS) is 1. The topological polar surface area (TPSA) is 103 Å². The van der Waals surface area contributed by atoms with E-state index < -0.39 is 28.1 Å². The molecule has 0 amide bonds. The molecule has 0 aliphatic rings. The molecule has 2 N–H and O–H groups in total. The Morgan fingerprint density at radius 3 is 2.21 bits per heavy atom. The van der Waals surface area contributed by atoms with E-state index in [2.05, 4.69) is 10.2 Å². The Labute approximate surface area is 112 Å². The van der Waals surface area contributed by atoms with Crippen LogP contribution in [0.15, 0.2) is 4.90 Å². The van der Waals surface area contributed by atoms with Gasteiger partial charge in [-0.2, -0.15) is 9.40 Å². The second kappa shape index (κ2) is 4.93. The summed E-state index contributed by atoms with van der Waals surface area (Å²) >= 11 is 0. The van der Waals surface area contributed by atoms with Crippen LogP contribution in [0.1, 0.15) is 32.2 Å². The number of hydrogen-bond donors (Lipinski definition) is 2. The lowest BCUT2D eigenvalue weighted by molar-refractivity contribution is -0.138. The SMILES string of the molecule is Cc1n[nH]c(C)c1S(=O)(=O)N(CC(=O)O)C(C)(C)C. The Hall–Kier alpha value is -1.41. The van der Waals surface area contributed by atoms with Crippen molar-refractivity contribution in [3.63, 3.8) is 0 Å². The highest BCUT2D eigenvalue weighted by Gasteiger charge is 2.38. The normalized spacial score (nSPS) is 12.9. The zero-order valence-electron chi connectivity index (χ0n) is 11.7. The van der Waals surface area contributed by atoms with Gasteiger partial charge in [0.1, 0.15) is 11.4 Å². The maximum absolute atomic E-state index is 12.6. The second-order valence-electron chi connectivity index (χ2n) is 5.34. The highest BCUT2D eigenvalue weighted by molar-refractivity contribution is 7.89. The predicted octanol–water partition coefficient (Wildman–Crippen LogP) is 0.900. The van der Waals surface area contributed by atoms with Gasteiger partial charge in [-0.3, -0.25) is 9.89 Å². The molecule has 0 unspecified atom stereocenters. The second-order valence-corrected chi connectivity index (χ2v) is 7.14. The van der Waals surface area contributed by atoms with Crippen LogP contribution in [-0.2, 0) is 14.8 Å². The maximum atomic E-state index is 12.6. The van der Waals surface area contributed by atoms with Crippen LogP contribution in [0.3, 0.4) is 0 Å². The predicted molar refractivity (Wildman–Crippen MR) is 69.3 cm³/mol. The van der Waals surface area contributed by atoms with Crippen molar-refractivity contribution in [1.82, 2.24) is 14.5 Å². The summed E-state index contributed by atoms with van der Waals surface area (Å²) in [6, 6.07) is 0. The molecule has 1 aromatic rings. The van der Waals surface area contributed by atoms with Crippen LogP contribution in [-0.4, -0.2) is 46.1 Å². The number of aryl methyl sites for hydroxylation is 2. The first-order valence-electron chi connectivity index (χ1n) is 5.74. The van der Waals surface area contributed by atoms with Gasteiger partial charge in [0.2, 0.25) is 10.0 Å². The van der Waals surface area contributed by atoms with Crippen LogP contribution in [0.5, 0.6) is 0 Å². The van der Waals surface area contributed by atoms with Crippen molar-refractivity contribution in [2.45, 2.75) is 45.1 Å². The molecule has 0 aromatic carbocycles. The third-order valence-electron chi connectivity index (χ3n) is 2.64. The minimum Gasteiger partial charge on any atom is -0.480 e. The number of nitrogens with zero attached hydrogens (tertiary/aromatic N) is 2. The molecule has 0 saturated heterocycles. The minimum atomic E-state index is -3.91. The van der Waals surface area contributed by atoms with Crippen molar-refractivity contribution in [2.24, 2.45) is 0 Å². The van der Waals surface area contributed by atoms with Gasteiger partial charge in [-0.25, -0.2) is 8.42 Å². The fourth-order valence-electron chi connectivity index (χ4n) is 1.84. The summed E-state index contributed by atoms with van der Waals surface area (Å²) in [6.45, 7) is 7.52. The molecule has 0 radical (unpaired) electrons. The Morgan fingerprint density at radius 2 is 1.89 bits per heavy atom. The summed E-state index contributed by atoms with van der Waals surface area (Å²) in [7, 11) is -3.91. The monoisotopic (exact) mass is 289 g/mol. The van der Waals surface area contributed by atoms with E-state index in [1.807, 2.05) is 0 Å². The average molecular weight is 289 g/mol. The van der Waals surface area contributed by atoms with Crippen molar-refractivity contribution in [3.05, 3.63) is 11.4 Å². The molecule has 8 heteroatoms. The van der Waals surface area contributed by atoms with Crippen molar-refractivity contribution < 1.29 is 18.3 Å². The van der Waals surface area contributed by atoms with Crippen LogP contribution in [0.25, 0.3) is 0 Å². The fourth-order valence-corrected chi connectivity index (χ4v) is 3.91. The molecule has 1 rings (SSSR count). The summed E-state index contributed by atoms with van der Waals surface area (Å²) in [5.41, 5.74) is -0.109. The lowest BCUT2D eigenvalue weighted by Crippen LogP contribution is -2.48. The molecule has 1 aromatic heterocycles. The van der Waals surface area contributed by atoms with E-state index >= 15 is 0 Å². The molecule has 7 nitrogen and oxygen atoms in total. The van der Waals surface area contributed by atoms with Crippen molar-refractivity contribution in [3.8, 4) is 0 Å². The van der Waals surface area contributed by atoms with E-state index in [0.29, 0.717) is 11.4 Å². The Kier molecular flexibility index (Phi) is 4.06. The highest BCUT2D eigenvalue weighted by atomic mass is 32.2. The van der Waals surface area contributed by atoms with E-state index in [4.69, 9.17) is 5.11 Å². The molecular formula is C11H19N3O4S. The molecule has 0 aliphatic heterocycles. The first-order valence-corrected chi connectivity index (χ1v) is 7.18. The van der Waals surface area contributed by atoms with Gasteiger partial charge in [0.15, 0.2) is 0 Å². The van der Waals surface area contributed by atoms with E-state index in [0.717, 1.165) is 4.31 Å². The summed E-state index contributed by atoms with van der Waals surface area (Å²) in [6.07, 6.45) is 0. The lowest BCUT2D eigenvalue weighted by atomic mass is 10.1. The third-order valence-corrected chi connectivity index (χ3v) is 5.01. The first-order chi connectivity index (χ1) is 8.48. The maximum Gasteiger partial charge on any atom is 0.318 e. The van der Waals surface area contributed by atoms with Gasteiger partial charge in [0, 0.05) is 5.54 Å². The van der Waals surface area contributed by atoms with Gasteiger partial charge in [0.05, 0.1) is 11.4 Å². The zero-order valence-corrected chi connectivity index (χ0v) is 12.5. The van der Waals surface area contributed by atoms with Crippen molar-refractivity contribution in [1.29, 1.82) is 0 Å². The Morgan fingerprint density at radius 1 is 1.37 bits per heavy atom. The number of rotatable bonds is 4. The number of nitrogens with one attached hydrogen (secondary N) is 1. The summed E-state index contributed by atoms with van der Waals surface area (Å²) in [4.78, 5) is 11.0. The minimum absolute atomic E-state index is 0.0451. The molecule has 0 aliphatic carbocycles. The summed E-state index contributed by atoms with van der Waals surface area (Å²) < 4.78 is 26.2. The number of aromatic amines is 1. The molecule has 0 fully saturated rings. The zero-order chi connectivity index (χ0) is 15.0. The largest absolute Gasteiger partial charge is 0.480 e. The molecule has 0 atom stereocenters.